The third kappa shape index (κ3) is 2.63. The Morgan fingerprint density at radius 1 is 0.970 bits per heavy atom. The van der Waals surface area contributed by atoms with E-state index in [1.807, 2.05) is 17.8 Å². The van der Waals surface area contributed by atoms with Crippen molar-refractivity contribution in [2.45, 2.75) is 17.6 Å². The van der Waals surface area contributed by atoms with Crippen LogP contribution in [0.3, 0.4) is 0 Å². The molecule has 7 rings (SSSR count). The van der Waals surface area contributed by atoms with Crippen LogP contribution in [0, 0.1) is 29.6 Å². The molecule has 0 radical (unpaired) electrons. The fourth-order valence-corrected chi connectivity index (χ4v) is 9.96. The van der Waals surface area contributed by atoms with Crippen LogP contribution in [0.2, 0.25) is 0 Å². The van der Waals surface area contributed by atoms with Gasteiger partial charge in [0.15, 0.2) is 0 Å². The van der Waals surface area contributed by atoms with Crippen molar-refractivity contribution in [1.82, 2.24) is 5.32 Å². The first-order chi connectivity index (χ1) is 16.0. The predicted octanol–water partition coefficient (Wildman–Crippen LogP) is 4.64. The Balaban J connectivity index is 1.30. The number of hydrogen-bond acceptors (Lipinski definition) is 6. The number of imide groups is 1. The highest BCUT2D eigenvalue weighted by Crippen LogP contribution is 2.70. The number of thioether (sulfide) groups is 2. The van der Waals surface area contributed by atoms with Crippen LogP contribution in [0.15, 0.2) is 76.1 Å². The zero-order chi connectivity index (χ0) is 22.4. The summed E-state index contributed by atoms with van der Waals surface area (Å²) >= 11 is 3.58. The molecule has 0 aromatic heterocycles. The van der Waals surface area contributed by atoms with Gasteiger partial charge in [0.2, 0.25) is 11.8 Å². The summed E-state index contributed by atoms with van der Waals surface area (Å²) in [5.74, 6) is 0.383. The molecule has 1 saturated heterocycles. The molecule has 3 fully saturated rings. The highest BCUT2D eigenvalue weighted by atomic mass is 32.2. The minimum Gasteiger partial charge on any atom is -0.508 e. The maximum atomic E-state index is 13.7. The van der Waals surface area contributed by atoms with Crippen LogP contribution in [0.1, 0.15) is 17.9 Å². The molecule has 5 nitrogen and oxygen atoms in total. The number of hydrogen-bond donors (Lipinski definition) is 2. The van der Waals surface area contributed by atoms with Gasteiger partial charge in [-0.2, -0.15) is 0 Å². The molecule has 166 valence electrons. The molecule has 2 saturated carbocycles. The van der Waals surface area contributed by atoms with Crippen LogP contribution in [0.5, 0.6) is 5.75 Å². The molecule has 2 N–H and O–H groups in total. The Kier molecular flexibility index (Phi) is 4.16. The second-order valence-electron chi connectivity index (χ2n) is 9.54. The molecule has 2 aromatic rings. The van der Waals surface area contributed by atoms with Crippen LogP contribution in [-0.2, 0) is 9.59 Å². The number of nitrogens with one attached hydrogen (secondary N) is 1. The lowest BCUT2D eigenvalue weighted by molar-refractivity contribution is -0.123. The molecule has 2 aliphatic carbocycles. The highest BCUT2D eigenvalue weighted by molar-refractivity contribution is 8.10. The number of phenolic OH excluding ortho intramolecular Hbond substituents is 1. The number of carbonyl (C=O) groups is 2. The number of benzene rings is 2. The number of fused-ring (bicyclic) bond motifs is 8. The van der Waals surface area contributed by atoms with Gasteiger partial charge >= 0.3 is 0 Å². The van der Waals surface area contributed by atoms with E-state index in [2.05, 4.69) is 36.2 Å². The summed E-state index contributed by atoms with van der Waals surface area (Å²) in [6.07, 6.45) is 0.939. The van der Waals surface area contributed by atoms with E-state index in [-0.39, 0.29) is 47.2 Å². The Labute approximate surface area is 200 Å². The summed E-state index contributed by atoms with van der Waals surface area (Å²) in [6.45, 7) is 4.15. The van der Waals surface area contributed by atoms with Gasteiger partial charge in [0, 0.05) is 16.1 Å². The maximum absolute atomic E-state index is 13.7. The first-order valence-electron chi connectivity index (χ1n) is 11.3. The fourth-order valence-electron chi connectivity index (χ4n) is 6.97. The van der Waals surface area contributed by atoms with E-state index < -0.39 is 0 Å². The standard InChI is InChI=1S/C26H22N2O3S2/c1-12-27-24-23(32-12)18(13-5-3-2-4-6-13)19-16-11-17(22(19)33-24)21-20(16)25(30)28(26(21)31)14-7-9-15(29)10-8-14/h2-10,16-22,27,29H,1,11H2/t16-,17-,18-,19-,20+,21-,22-/m0/s1. The number of carbonyl (C=O) groups excluding carboxylic acids is 2. The molecular formula is C26H22N2O3S2. The van der Waals surface area contributed by atoms with Gasteiger partial charge in [-0.25, -0.2) is 0 Å². The minimum absolute atomic E-state index is 0.0696. The smallest absolute Gasteiger partial charge is 0.238 e. The molecule has 5 aliphatic rings. The number of phenols is 1. The van der Waals surface area contributed by atoms with Crippen molar-refractivity contribution in [2.24, 2.45) is 29.6 Å². The molecule has 2 aromatic carbocycles. The van der Waals surface area contributed by atoms with E-state index in [1.54, 1.807) is 23.9 Å². The first kappa shape index (κ1) is 19.8. The van der Waals surface area contributed by atoms with Crippen molar-refractivity contribution in [1.29, 1.82) is 0 Å². The summed E-state index contributed by atoms with van der Waals surface area (Å²) in [5, 5.41) is 15.6. The summed E-state index contributed by atoms with van der Waals surface area (Å²) in [7, 11) is 0. The third-order valence-electron chi connectivity index (χ3n) is 8.06. The zero-order valence-electron chi connectivity index (χ0n) is 17.7. The Morgan fingerprint density at radius 3 is 2.39 bits per heavy atom. The van der Waals surface area contributed by atoms with Gasteiger partial charge in [0.1, 0.15) is 5.75 Å². The topological polar surface area (TPSA) is 69.6 Å². The van der Waals surface area contributed by atoms with E-state index in [0.29, 0.717) is 16.9 Å². The lowest BCUT2D eigenvalue weighted by Gasteiger charge is -2.43. The Hall–Kier alpha value is -2.64. The molecule has 2 bridgehead atoms. The molecular weight excluding hydrogens is 452 g/mol. The quantitative estimate of drug-likeness (QED) is 0.618. The van der Waals surface area contributed by atoms with Crippen molar-refractivity contribution >= 4 is 41.0 Å². The van der Waals surface area contributed by atoms with Gasteiger partial charge in [0.05, 0.1) is 27.6 Å². The first-order valence-corrected chi connectivity index (χ1v) is 13.0. The molecule has 7 heteroatoms. The molecule has 3 aliphatic heterocycles. The molecule has 33 heavy (non-hydrogen) atoms. The Bertz CT molecular complexity index is 1240. The van der Waals surface area contributed by atoms with E-state index in [1.165, 1.54) is 32.5 Å². The average Bonchev–Trinajstić information content (AvgIpc) is 3.54. The van der Waals surface area contributed by atoms with Crippen LogP contribution in [0.4, 0.5) is 5.69 Å². The van der Waals surface area contributed by atoms with Crippen LogP contribution in [0.25, 0.3) is 0 Å². The zero-order valence-corrected chi connectivity index (χ0v) is 19.3. The molecule has 0 spiro atoms. The number of allylic oxidation sites excluding steroid dienone is 1. The summed E-state index contributed by atoms with van der Waals surface area (Å²) in [4.78, 5) is 29.9. The van der Waals surface area contributed by atoms with Crippen molar-refractivity contribution in [2.75, 3.05) is 4.90 Å². The normalized spacial score (nSPS) is 36.2. The van der Waals surface area contributed by atoms with Gasteiger partial charge in [-0.3, -0.25) is 14.5 Å². The minimum atomic E-state index is -0.255. The number of nitrogens with zero attached hydrogens (tertiary/aromatic N) is 1. The average molecular weight is 475 g/mol. The van der Waals surface area contributed by atoms with E-state index in [0.717, 1.165) is 11.4 Å². The van der Waals surface area contributed by atoms with Gasteiger partial charge in [0.25, 0.3) is 0 Å². The lowest BCUT2D eigenvalue weighted by atomic mass is 9.68. The number of amides is 2. The number of aromatic hydroxyl groups is 1. The summed E-state index contributed by atoms with van der Waals surface area (Å²) in [5.41, 5.74) is 1.83. The second kappa shape index (κ2) is 6.93. The fraction of sp³-hybridized carbons (Fsp3) is 0.308. The summed E-state index contributed by atoms with van der Waals surface area (Å²) < 4.78 is 0. The Morgan fingerprint density at radius 2 is 1.67 bits per heavy atom. The second-order valence-corrected chi connectivity index (χ2v) is 11.9. The van der Waals surface area contributed by atoms with E-state index >= 15 is 0 Å². The van der Waals surface area contributed by atoms with E-state index in [4.69, 9.17) is 0 Å². The van der Waals surface area contributed by atoms with Gasteiger partial charge < -0.3 is 10.4 Å². The lowest BCUT2D eigenvalue weighted by Crippen LogP contribution is -2.43. The third-order valence-corrected chi connectivity index (χ3v) is 10.7. The van der Waals surface area contributed by atoms with Crippen molar-refractivity contribution in [3.05, 3.63) is 81.7 Å². The van der Waals surface area contributed by atoms with E-state index in [9.17, 15) is 14.7 Å². The van der Waals surface area contributed by atoms with Crippen LogP contribution < -0.4 is 10.2 Å². The van der Waals surface area contributed by atoms with Crippen molar-refractivity contribution < 1.29 is 14.7 Å². The molecule has 3 heterocycles. The number of anilines is 1. The van der Waals surface area contributed by atoms with Gasteiger partial charge in [-0.1, -0.05) is 48.7 Å². The molecule has 0 unspecified atom stereocenters. The van der Waals surface area contributed by atoms with Crippen LogP contribution >= 0.6 is 23.5 Å². The monoisotopic (exact) mass is 474 g/mol. The highest BCUT2D eigenvalue weighted by Gasteiger charge is 2.69. The largest absolute Gasteiger partial charge is 0.508 e. The van der Waals surface area contributed by atoms with Crippen molar-refractivity contribution in [3.63, 3.8) is 0 Å². The molecule has 2 amide bonds. The van der Waals surface area contributed by atoms with Gasteiger partial charge in [-0.15, -0.1) is 11.8 Å². The van der Waals surface area contributed by atoms with Gasteiger partial charge in [-0.05, 0) is 54.0 Å². The molecule has 7 atom stereocenters. The maximum Gasteiger partial charge on any atom is 0.238 e. The van der Waals surface area contributed by atoms with Crippen LogP contribution in [-0.4, -0.2) is 22.2 Å². The SMILES string of the molecule is C=C1NC2=C(S1)[C@@H](c1ccccc1)[C@@H]1[C@@H]3C[C@H]([C@@H]1S2)[C@@H]1C(=O)N(c2ccc(O)cc2)C(=O)[C@H]31. The summed E-state index contributed by atoms with van der Waals surface area (Å²) in [6, 6.07) is 17.0. The van der Waals surface area contributed by atoms with Crippen molar-refractivity contribution in [3.8, 4) is 5.75 Å². The number of rotatable bonds is 2. The predicted molar refractivity (Wildman–Crippen MR) is 130 cm³/mol.